The maximum absolute atomic E-state index is 12.1. The molecule has 0 saturated carbocycles. The molecular weight excluding hydrogens is 352 g/mol. The van der Waals surface area contributed by atoms with Crippen LogP contribution in [0, 0.1) is 6.92 Å². The summed E-state index contributed by atoms with van der Waals surface area (Å²) in [5, 5.41) is 0.421. The lowest BCUT2D eigenvalue weighted by atomic mass is 10.2. The van der Waals surface area contributed by atoms with Crippen molar-refractivity contribution in [3.8, 4) is 0 Å². The Morgan fingerprint density at radius 1 is 1.26 bits per heavy atom. The van der Waals surface area contributed by atoms with Gasteiger partial charge in [0.15, 0.2) is 5.82 Å². The lowest BCUT2D eigenvalue weighted by Gasteiger charge is -2.09. The lowest BCUT2D eigenvalue weighted by Crippen LogP contribution is -2.14. The summed E-state index contributed by atoms with van der Waals surface area (Å²) in [6.45, 7) is 1.89. The van der Waals surface area contributed by atoms with Gasteiger partial charge in [-0.25, -0.2) is 13.4 Å². The first-order valence-electron chi connectivity index (χ1n) is 5.29. The van der Waals surface area contributed by atoms with Crippen molar-refractivity contribution in [1.29, 1.82) is 0 Å². The number of halogens is 2. The molecule has 100 valence electrons. The topological polar surface area (TPSA) is 59.1 Å². The molecule has 1 aromatic heterocycles. The Bertz CT molecular complexity index is 702. The number of rotatable bonds is 3. The smallest absolute Gasteiger partial charge is 0.262 e. The maximum Gasteiger partial charge on any atom is 0.263 e. The minimum Gasteiger partial charge on any atom is -0.262 e. The third kappa shape index (κ3) is 3.46. The summed E-state index contributed by atoms with van der Waals surface area (Å²) in [5.41, 5.74) is 0.991. The van der Waals surface area contributed by atoms with Crippen LogP contribution in [0.15, 0.2) is 45.9 Å². The van der Waals surface area contributed by atoms with Gasteiger partial charge in [-0.2, -0.15) is 0 Å². The molecule has 2 aromatic rings. The van der Waals surface area contributed by atoms with Crippen LogP contribution in [0.25, 0.3) is 0 Å². The monoisotopic (exact) mass is 360 g/mol. The fraction of sp³-hybridized carbons (Fsp3) is 0.0833. The van der Waals surface area contributed by atoms with E-state index in [4.69, 9.17) is 11.6 Å². The van der Waals surface area contributed by atoms with E-state index in [1.165, 1.54) is 6.20 Å². The van der Waals surface area contributed by atoms with Gasteiger partial charge < -0.3 is 0 Å². The molecule has 0 aliphatic carbocycles. The third-order valence-corrected chi connectivity index (χ3v) is 4.54. The van der Waals surface area contributed by atoms with Crippen molar-refractivity contribution >= 4 is 43.4 Å². The molecule has 1 N–H and O–H groups in total. The van der Waals surface area contributed by atoms with E-state index in [9.17, 15) is 8.42 Å². The summed E-state index contributed by atoms with van der Waals surface area (Å²) in [5.74, 6) is 0.199. The van der Waals surface area contributed by atoms with Crippen LogP contribution >= 0.6 is 27.5 Å². The van der Waals surface area contributed by atoms with Crippen molar-refractivity contribution in [3.05, 3.63) is 51.6 Å². The van der Waals surface area contributed by atoms with Gasteiger partial charge in [0, 0.05) is 6.20 Å². The van der Waals surface area contributed by atoms with Gasteiger partial charge in [0.2, 0.25) is 0 Å². The van der Waals surface area contributed by atoms with Crippen LogP contribution in [0.5, 0.6) is 0 Å². The van der Waals surface area contributed by atoms with Crippen LogP contribution in [0.3, 0.4) is 0 Å². The summed E-state index contributed by atoms with van der Waals surface area (Å²) < 4.78 is 27.2. The van der Waals surface area contributed by atoms with Crippen LogP contribution in [0.1, 0.15) is 5.56 Å². The van der Waals surface area contributed by atoms with E-state index in [2.05, 4.69) is 25.6 Å². The average Bonchev–Trinajstić information content (AvgIpc) is 2.33. The average molecular weight is 362 g/mol. The van der Waals surface area contributed by atoms with Gasteiger partial charge in [-0.3, -0.25) is 4.72 Å². The molecule has 1 heterocycles. The number of aryl methyl sites for hydroxylation is 1. The summed E-state index contributed by atoms with van der Waals surface area (Å²) >= 11 is 8.96. The number of anilines is 1. The molecule has 0 spiro atoms. The van der Waals surface area contributed by atoms with E-state index < -0.39 is 10.0 Å². The molecule has 7 heteroatoms. The normalized spacial score (nSPS) is 11.3. The van der Waals surface area contributed by atoms with Crippen molar-refractivity contribution in [3.63, 3.8) is 0 Å². The van der Waals surface area contributed by atoms with Crippen LogP contribution in [-0.4, -0.2) is 13.4 Å². The van der Waals surface area contributed by atoms with E-state index in [0.717, 1.165) is 5.56 Å². The number of benzene rings is 1. The van der Waals surface area contributed by atoms with Crippen molar-refractivity contribution in [2.45, 2.75) is 11.8 Å². The maximum atomic E-state index is 12.1. The Balaban J connectivity index is 2.33. The quantitative estimate of drug-likeness (QED) is 0.908. The summed E-state index contributed by atoms with van der Waals surface area (Å²) in [6, 6.07) is 8.13. The van der Waals surface area contributed by atoms with E-state index >= 15 is 0 Å². The number of sulfonamides is 1. The Hall–Kier alpha value is -1.11. The fourth-order valence-corrected chi connectivity index (χ4v) is 3.29. The van der Waals surface area contributed by atoms with Gasteiger partial charge in [0.25, 0.3) is 10.0 Å². The van der Waals surface area contributed by atoms with Gasteiger partial charge in [-0.1, -0.05) is 29.3 Å². The standard InChI is InChI=1S/C12H10BrClN2O2S/c1-8-2-4-10(5-3-8)19(17,18)16-12-11(13)6-9(14)7-15-12/h2-7H,1H3,(H,15,16). The third-order valence-electron chi connectivity index (χ3n) is 2.37. The Morgan fingerprint density at radius 3 is 2.47 bits per heavy atom. The highest BCUT2D eigenvalue weighted by molar-refractivity contribution is 9.10. The summed E-state index contributed by atoms with van der Waals surface area (Å²) in [6.07, 6.45) is 1.37. The van der Waals surface area contributed by atoms with Crippen LogP contribution < -0.4 is 4.72 Å². The minimum absolute atomic E-state index is 0.182. The van der Waals surface area contributed by atoms with Crippen LogP contribution in [0.4, 0.5) is 5.82 Å². The molecule has 0 aliphatic heterocycles. The second-order valence-corrected chi connectivity index (χ2v) is 6.88. The molecular formula is C12H10BrClN2O2S. The molecule has 0 aliphatic rings. The molecule has 2 rings (SSSR count). The van der Waals surface area contributed by atoms with Crippen molar-refractivity contribution in [1.82, 2.24) is 4.98 Å². The zero-order valence-corrected chi connectivity index (χ0v) is 13.1. The predicted octanol–water partition coefficient (Wildman–Crippen LogP) is 3.61. The van der Waals surface area contributed by atoms with E-state index in [0.29, 0.717) is 9.50 Å². The first-order valence-corrected chi connectivity index (χ1v) is 7.94. The SMILES string of the molecule is Cc1ccc(S(=O)(=O)Nc2ncc(Cl)cc2Br)cc1. The second kappa shape index (κ2) is 5.48. The first-order chi connectivity index (χ1) is 8.88. The number of nitrogens with zero attached hydrogens (tertiary/aromatic N) is 1. The highest BCUT2D eigenvalue weighted by atomic mass is 79.9. The molecule has 0 bridgehead atoms. The Morgan fingerprint density at radius 2 is 1.89 bits per heavy atom. The van der Waals surface area contributed by atoms with E-state index in [1.54, 1.807) is 30.3 Å². The Kier molecular flexibility index (Phi) is 4.13. The Labute approximate surface area is 125 Å². The minimum atomic E-state index is -3.65. The van der Waals surface area contributed by atoms with Crippen molar-refractivity contribution in [2.75, 3.05) is 4.72 Å². The van der Waals surface area contributed by atoms with Gasteiger partial charge in [-0.05, 0) is 41.1 Å². The van der Waals surface area contributed by atoms with E-state index in [-0.39, 0.29) is 10.7 Å². The van der Waals surface area contributed by atoms with Crippen molar-refractivity contribution < 1.29 is 8.42 Å². The molecule has 0 fully saturated rings. The van der Waals surface area contributed by atoms with Crippen molar-refractivity contribution in [2.24, 2.45) is 0 Å². The predicted molar refractivity (Wildman–Crippen MR) is 78.9 cm³/mol. The number of hydrogen-bond acceptors (Lipinski definition) is 3. The zero-order chi connectivity index (χ0) is 14.0. The molecule has 0 radical (unpaired) electrons. The second-order valence-electron chi connectivity index (χ2n) is 3.90. The van der Waals surface area contributed by atoms with Gasteiger partial charge in [0.05, 0.1) is 14.4 Å². The number of aromatic nitrogens is 1. The molecule has 1 aromatic carbocycles. The number of hydrogen-bond donors (Lipinski definition) is 1. The number of nitrogens with one attached hydrogen (secondary N) is 1. The first kappa shape index (κ1) is 14.3. The molecule has 0 saturated heterocycles. The van der Waals surface area contributed by atoms with Crippen LogP contribution in [-0.2, 0) is 10.0 Å². The highest BCUT2D eigenvalue weighted by Crippen LogP contribution is 2.25. The molecule has 0 amide bonds. The van der Waals surface area contributed by atoms with Gasteiger partial charge in [0.1, 0.15) is 0 Å². The van der Waals surface area contributed by atoms with Gasteiger partial charge >= 0.3 is 0 Å². The molecule has 19 heavy (non-hydrogen) atoms. The largest absolute Gasteiger partial charge is 0.263 e. The summed E-state index contributed by atoms with van der Waals surface area (Å²) in [7, 11) is -3.65. The van der Waals surface area contributed by atoms with E-state index in [1.807, 2.05) is 6.92 Å². The van der Waals surface area contributed by atoms with Gasteiger partial charge in [-0.15, -0.1) is 0 Å². The fourth-order valence-electron chi connectivity index (χ4n) is 1.39. The molecule has 0 atom stereocenters. The molecule has 0 unspecified atom stereocenters. The highest BCUT2D eigenvalue weighted by Gasteiger charge is 2.16. The number of pyridine rings is 1. The summed E-state index contributed by atoms with van der Waals surface area (Å²) in [4.78, 5) is 4.12. The van der Waals surface area contributed by atoms with Crippen LogP contribution in [0.2, 0.25) is 5.02 Å². The zero-order valence-electron chi connectivity index (χ0n) is 9.89. The molecule has 4 nitrogen and oxygen atoms in total. The lowest BCUT2D eigenvalue weighted by molar-refractivity contribution is 0.601.